The van der Waals surface area contributed by atoms with Gasteiger partial charge in [-0.1, -0.05) is 69.4 Å². The first-order valence-electron chi connectivity index (χ1n) is 11.7. The minimum atomic E-state index is -4.47. The molecule has 2 aromatic rings. The Kier molecular flexibility index (Phi) is 14.5. The van der Waals surface area contributed by atoms with Crippen LogP contribution in [0.25, 0.3) is 0 Å². The van der Waals surface area contributed by atoms with Gasteiger partial charge in [0.05, 0.1) is 20.3 Å². The molecule has 2 rings (SSSR count). The number of aromatic nitrogens is 2. The summed E-state index contributed by atoms with van der Waals surface area (Å²) in [6.45, 7) is 4.17. The molecule has 1 heterocycles. The smallest absolute Gasteiger partial charge is 0.364 e. The van der Waals surface area contributed by atoms with Crippen LogP contribution in [0.2, 0.25) is 0 Å². The SMILES string of the molecule is CCCCCCCCOS(=O)(=O)[O-].CCOC(=O)[C@H](C(=O)OCc1ccccc1)n1cc[n+](C)c1. The van der Waals surface area contributed by atoms with E-state index in [1.165, 1.54) is 23.8 Å². The Bertz CT molecular complexity index is 976. The highest BCUT2D eigenvalue weighted by Crippen LogP contribution is 2.12. The van der Waals surface area contributed by atoms with E-state index < -0.39 is 28.4 Å². The van der Waals surface area contributed by atoms with Crippen molar-refractivity contribution < 1.29 is 40.8 Å². The number of carbonyl (C=O) groups is 2. The predicted molar refractivity (Wildman–Crippen MR) is 127 cm³/mol. The maximum absolute atomic E-state index is 12.3. The van der Waals surface area contributed by atoms with E-state index >= 15 is 0 Å². The molecule has 0 saturated heterocycles. The van der Waals surface area contributed by atoms with E-state index in [-0.39, 0.29) is 19.8 Å². The molecule has 0 unspecified atom stereocenters. The second kappa shape index (κ2) is 16.8. The zero-order valence-corrected chi connectivity index (χ0v) is 21.4. The molecule has 0 radical (unpaired) electrons. The average Bonchev–Trinajstić information content (AvgIpc) is 3.23. The van der Waals surface area contributed by atoms with Crippen molar-refractivity contribution in [1.82, 2.24) is 4.57 Å². The van der Waals surface area contributed by atoms with Gasteiger partial charge in [-0.2, -0.15) is 0 Å². The highest BCUT2D eigenvalue weighted by atomic mass is 32.3. The highest BCUT2D eigenvalue weighted by Gasteiger charge is 2.36. The number of ether oxygens (including phenoxy) is 2. The van der Waals surface area contributed by atoms with Crippen molar-refractivity contribution in [3.63, 3.8) is 0 Å². The Hall–Kier alpha value is -2.76. The van der Waals surface area contributed by atoms with E-state index in [4.69, 9.17) is 9.47 Å². The third-order valence-corrected chi connectivity index (χ3v) is 5.23. The number of imidazole rings is 1. The zero-order valence-electron chi connectivity index (χ0n) is 20.6. The molecule has 1 atom stereocenters. The molecule has 196 valence electrons. The van der Waals surface area contributed by atoms with Crippen LogP contribution in [0.4, 0.5) is 0 Å². The number of unbranched alkanes of at least 4 members (excludes halogenated alkanes) is 5. The molecule has 0 aliphatic carbocycles. The van der Waals surface area contributed by atoms with Crippen LogP contribution in [-0.2, 0) is 47.3 Å². The quantitative estimate of drug-likeness (QED) is 0.0944. The second-order valence-electron chi connectivity index (χ2n) is 7.77. The highest BCUT2D eigenvalue weighted by molar-refractivity contribution is 7.80. The fraction of sp³-hybridized carbons (Fsp3) is 0.542. The molecule has 0 aliphatic heterocycles. The largest absolute Gasteiger partial charge is 0.726 e. The third-order valence-electron chi connectivity index (χ3n) is 4.77. The lowest BCUT2D eigenvalue weighted by atomic mass is 10.1. The number of hydrogen-bond acceptors (Lipinski definition) is 8. The Morgan fingerprint density at radius 1 is 1.00 bits per heavy atom. The Morgan fingerprint density at radius 3 is 2.20 bits per heavy atom. The van der Waals surface area contributed by atoms with Crippen molar-refractivity contribution in [3.05, 3.63) is 54.6 Å². The minimum absolute atomic E-state index is 0.0258. The lowest BCUT2D eigenvalue weighted by Crippen LogP contribution is -2.32. The number of carbonyl (C=O) groups excluding carboxylic acids is 2. The van der Waals surface area contributed by atoms with E-state index in [1.807, 2.05) is 30.3 Å². The molecule has 1 aromatic heterocycles. The van der Waals surface area contributed by atoms with Gasteiger partial charge < -0.3 is 14.0 Å². The van der Waals surface area contributed by atoms with Crippen LogP contribution in [0.5, 0.6) is 0 Å². The van der Waals surface area contributed by atoms with Crippen LogP contribution in [0.15, 0.2) is 49.1 Å². The van der Waals surface area contributed by atoms with Gasteiger partial charge >= 0.3 is 11.9 Å². The molecule has 11 heteroatoms. The number of esters is 2. The number of benzene rings is 1. The standard InChI is InChI=1S/C16H19N2O4.C8H18O4S/c1-3-21-15(19)14(18-10-9-17(2)12-18)16(20)22-11-13-7-5-4-6-8-13;1-2-3-4-5-6-7-8-12-13(9,10)11/h4-10,12,14H,3,11H2,1-2H3;2-8H2,1H3,(H,9,10,11)/q+1;/p-1/t14-;/m1./s1. The summed E-state index contributed by atoms with van der Waals surface area (Å²) in [5.74, 6) is -1.27. The number of rotatable bonds is 14. The van der Waals surface area contributed by atoms with Crippen LogP contribution >= 0.6 is 0 Å². The summed E-state index contributed by atoms with van der Waals surface area (Å²) in [5, 5.41) is 0. The number of hydrogen-bond donors (Lipinski definition) is 0. The lowest BCUT2D eigenvalue weighted by molar-refractivity contribution is -0.671. The predicted octanol–water partition coefficient (Wildman–Crippen LogP) is 2.98. The first-order valence-corrected chi connectivity index (χ1v) is 13.0. The molecule has 0 amide bonds. The van der Waals surface area contributed by atoms with Crippen LogP contribution in [0.1, 0.15) is 64.0 Å². The van der Waals surface area contributed by atoms with Crippen LogP contribution in [-0.4, -0.2) is 42.7 Å². The molecule has 0 N–H and O–H groups in total. The molecule has 0 fully saturated rings. The van der Waals surface area contributed by atoms with Gasteiger partial charge in [0.1, 0.15) is 19.0 Å². The normalized spacial score (nSPS) is 11.8. The van der Waals surface area contributed by atoms with E-state index in [2.05, 4.69) is 11.1 Å². The maximum atomic E-state index is 12.3. The van der Waals surface area contributed by atoms with Gasteiger partial charge in [-0.25, -0.2) is 27.1 Å². The van der Waals surface area contributed by atoms with Gasteiger partial charge in [-0.05, 0) is 18.9 Å². The van der Waals surface area contributed by atoms with Crippen molar-refractivity contribution in [3.8, 4) is 0 Å². The number of nitrogens with zero attached hydrogens (tertiary/aromatic N) is 2. The molecule has 10 nitrogen and oxygen atoms in total. The number of aryl methyl sites for hydroxylation is 1. The van der Waals surface area contributed by atoms with E-state index in [9.17, 15) is 22.6 Å². The summed E-state index contributed by atoms with van der Waals surface area (Å²) in [7, 11) is -2.67. The monoisotopic (exact) mass is 512 g/mol. The first-order chi connectivity index (χ1) is 16.7. The Labute approximate surface area is 207 Å². The van der Waals surface area contributed by atoms with Crippen LogP contribution < -0.4 is 4.57 Å². The van der Waals surface area contributed by atoms with Crippen molar-refractivity contribution in [2.24, 2.45) is 7.05 Å². The van der Waals surface area contributed by atoms with Gasteiger partial charge in [-0.15, -0.1) is 0 Å². The molecule has 1 aromatic carbocycles. The molecule has 35 heavy (non-hydrogen) atoms. The molecule has 0 saturated carbocycles. The van der Waals surface area contributed by atoms with E-state index in [1.54, 1.807) is 37.3 Å². The van der Waals surface area contributed by atoms with Crippen molar-refractivity contribution in [2.45, 2.75) is 65.0 Å². The summed E-state index contributed by atoms with van der Waals surface area (Å²) in [4.78, 5) is 24.3. The van der Waals surface area contributed by atoms with Gasteiger partial charge in [0.25, 0.3) is 6.04 Å². The summed E-state index contributed by atoms with van der Waals surface area (Å²) >= 11 is 0. The maximum Gasteiger partial charge on any atom is 0.364 e. The van der Waals surface area contributed by atoms with Gasteiger partial charge in [0.15, 0.2) is 0 Å². The van der Waals surface area contributed by atoms with E-state index in [0.29, 0.717) is 6.42 Å². The van der Waals surface area contributed by atoms with Crippen LogP contribution in [0, 0.1) is 0 Å². The topological polar surface area (TPSA) is 128 Å². The fourth-order valence-electron chi connectivity index (χ4n) is 3.03. The molecule has 0 spiro atoms. The summed E-state index contributed by atoms with van der Waals surface area (Å²) in [6, 6.07) is 8.16. The van der Waals surface area contributed by atoms with Crippen molar-refractivity contribution >= 4 is 22.3 Å². The lowest BCUT2D eigenvalue weighted by Gasteiger charge is -2.12. The molecular weight excluding hydrogens is 476 g/mol. The fourth-order valence-corrected chi connectivity index (χ4v) is 3.36. The minimum Gasteiger partial charge on any atom is -0.726 e. The van der Waals surface area contributed by atoms with Crippen LogP contribution in [0.3, 0.4) is 0 Å². The Morgan fingerprint density at radius 2 is 1.63 bits per heavy atom. The van der Waals surface area contributed by atoms with E-state index in [0.717, 1.165) is 18.4 Å². The molecule has 0 aliphatic rings. The van der Waals surface area contributed by atoms with Gasteiger partial charge in [0, 0.05) is 0 Å². The van der Waals surface area contributed by atoms with Gasteiger partial charge in [0.2, 0.25) is 16.7 Å². The molecular formula is C24H36N2O8S. The molecule has 0 bridgehead atoms. The van der Waals surface area contributed by atoms with Crippen molar-refractivity contribution in [2.75, 3.05) is 13.2 Å². The average molecular weight is 513 g/mol. The zero-order chi connectivity index (χ0) is 26.1. The summed E-state index contributed by atoms with van der Waals surface area (Å²) < 4.78 is 47.5. The summed E-state index contributed by atoms with van der Waals surface area (Å²) in [6.07, 6.45) is 11.2. The first kappa shape index (κ1) is 30.3. The second-order valence-corrected chi connectivity index (χ2v) is 8.82. The Balaban J connectivity index is 0.000000405. The summed E-state index contributed by atoms with van der Waals surface area (Å²) in [5.41, 5.74) is 0.858. The van der Waals surface area contributed by atoms with Gasteiger partial charge in [-0.3, -0.25) is 4.18 Å². The van der Waals surface area contributed by atoms with Crippen molar-refractivity contribution in [1.29, 1.82) is 0 Å². The third kappa shape index (κ3) is 13.6.